The quantitative estimate of drug-likeness (QED) is 0.766. The van der Waals surface area contributed by atoms with Crippen LogP contribution >= 0.6 is 0 Å². The zero-order chi connectivity index (χ0) is 15.5. The highest BCUT2D eigenvalue weighted by molar-refractivity contribution is 7.87. The van der Waals surface area contributed by atoms with Gasteiger partial charge in [-0.15, -0.1) is 0 Å². The third-order valence-electron chi connectivity index (χ3n) is 3.69. The van der Waals surface area contributed by atoms with Crippen molar-refractivity contribution in [1.82, 2.24) is 9.03 Å². The summed E-state index contributed by atoms with van der Waals surface area (Å²) in [6.45, 7) is 2.75. The molecule has 21 heavy (non-hydrogen) atoms. The van der Waals surface area contributed by atoms with Gasteiger partial charge in [0.1, 0.15) is 0 Å². The van der Waals surface area contributed by atoms with Crippen LogP contribution in [0.25, 0.3) is 0 Å². The number of rotatable bonds is 7. The minimum atomic E-state index is -3.58. The Hall–Kier alpha value is -0.990. The van der Waals surface area contributed by atoms with Crippen molar-refractivity contribution < 1.29 is 13.2 Å². The van der Waals surface area contributed by atoms with Crippen LogP contribution in [0.1, 0.15) is 18.9 Å². The van der Waals surface area contributed by atoms with E-state index in [-0.39, 0.29) is 18.2 Å². The van der Waals surface area contributed by atoms with E-state index in [1.165, 1.54) is 4.31 Å². The molecule has 7 heteroatoms. The van der Waals surface area contributed by atoms with Gasteiger partial charge in [-0.2, -0.15) is 17.4 Å². The van der Waals surface area contributed by atoms with Gasteiger partial charge >= 0.3 is 0 Å². The molecule has 1 aromatic carbocycles. The summed E-state index contributed by atoms with van der Waals surface area (Å²) in [6, 6.07) is 8.91. The van der Waals surface area contributed by atoms with E-state index in [9.17, 15) is 8.42 Å². The molecule has 1 aromatic rings. The number of hydrogen-bond donors (Lipinski definition) is 2. The van der Waals surface area contributed by atoms with E-state index in [1.807, 2.05) is 37.3 Å². The minimum absolute atomic E-state index is 0.134. The number of nitrogens with one attached hydrogen (secondary N) is 1. The summed E-state index contributed by atoms with van der Waals surface area (Å²) >= 11 is 0. The Morgan fingerprint density at radius 1 is 1.38 bits per heavy atom. The second-order valence-corrected chi connectivity index (χ2v) is 7.09. The van der Waals surface area contributed by atoms with Crippen LogP contribution in [-0.2, 0) is 21.5 Å². The van der Waals surface area contributed by atoms with Gasteiger partial charge < -0.3 is 10.5 Å². The summed E-state index contributed by atoms with van der Waals surface area (Å²) in [5.74, 6) is 0. The second kappa shape index (κ2) is 6.85. The van der Waals surface area contributed by atoms with Crippen LogP contribution in [0.3, 0.4) is 0 Å². The van der Waals surface area contributed by atoms with Gasteiger partial charge in [-0.25, -0.2) is 0 Å². The zero-order valence-electron chi connectivity index (χ0n) is 12.4. The van der Waals surface area contributed by atoms with Crippen molar-refractivity contribution in [3.63, 3.8) is 0 Å². The molecule has 3 unspecified atom stereocenters. The lowest BCUT2D eigenvalue weighted by molar-refractivity contribution is -0.0252. The Kier molecular flexibility index (Phi) is 5.34. The highest BCUT2D eigenvalue weighted by atomic mass is 32.2. The summed E-state index contributed by atoms with van der Waals surface area (Å²) in [5.41, 5.74) is 6.81. The highest BCUT2D eigenvalue weighted by Crippen LogP contribution is 2.23. The first-order valence-electron chi connectivity index (χ1n) is 7.08. The molecule has 0 radical (unpaired) electrons. The molecular formula is C14H23N3O3S. The normalized spacial score (nSPS) is 25.8. The fourth-order valence-electron chi connectivity index (χ4n) is 2.38. The van der Waals surface area contributed by atoms with Crippen molar-refractivity contribution in [1.29, 1.82) is 0 Å². The Labute approximate surface area is 126 Å². The first-order valence-corrected chi connectivity index (χ1v) is 8.52. The fraction of sp³-hybridized carbons (Fsp3) is 0.571. The van der Waals surface area contributed by atoms with Crippen molar-refractivity contribution in [2.45, 2.75) is 38.1 Å². The molecular weight excluding hydrogens is 290 g/mol. The van der Waals surface area contributed by atoms with E-state index < -0.39 is 10.2 Å². The van der Waals surface area contributed by atoms with Gasteiger partial charge in [-0.05, 0) is 18.9 Å². The maximum absolute atomic E-state index is 12.3. The molecule has 0 saturated heterocycles. The van der Waals surface area contributed by atoms with E-state index in [4.69, 9.17) is 10.5 Å². The fourth-order valence-corrected chi connectivity index (χ4v) is 3.55. The number of benzene rings is 1. The van der Waals surface area contributed by atoms with Gasteiger partial charge in [-0.1, -0.05) is 30.3 Å². The molecule has 0 bridgehead atoms. The molecule has 0 heterocycles. The monoisotopic (exact) mass is 313 g/mol. The predicted octanol–water partition coefficient (Wildman–Crippen LogP) is 0.458. The van der Waals surface area contributed by atoms with Crippen molar-refractivity contribution >= 4 is 10.2 Å². The van der Waals surface area contributed by atoms with Crippen molar-refractivity contribution in [2.75, 3.05) is 13.7 Å². The van der Waals surface area contributed by atoms with Gasteiger partial charge in [0, 0.05) is 26.2 Å². The third-order valence-corrected chi connectivity index (χ3v) is 5.21. The Balaban J connectivity index is 1.97. The van der Waals surface area contributed by atoms with Crippen LogP contribution in [0.15, 0.2) is 30.3 Å². The summed E-state index contributed by atoms with van der Waals surface area (Å²) < 4.78 is 34.1. The molecule has 2 rings (SSSR count). The molecule has 1 aliphatic carbocycles. The molecule has 3 N–H and O–H groups in total. The average molecular weight is 313 g/mol. The summed E-state index contributed by atoms with van der Waals surface area (Å²) in [5, 5.41) is 0. The summed E-state index contributed by atoms with van der Waals surface area (Å²) in [4.78, 5) is 0. The minimum Gasteiger partial charge on any atom is -0.377 e. The van der Waals surface area contributed by atoms with Crippen molar-refractivity contribution in [3.8, 4) is 0 Å². The van der Waals surface area contributed by atoms with Crippen LogP contribution in [0.5, 0.6) is 0 Å². The molecule has 3 atom stereocenters. The summed E-state index contributed by atoms with van der Waals surface area (Å²) in [7, 11) is -2.03. The lowest BCUT2D eigenvalue weighted by Gasteiger charge is -2.42. The van der Waals surface area contributed by atoms with Crippen LogP contribution in [0.2, 0.25) is 0 Å². The predicted molar refractivity (Wildman–Crippen MR) is 81.8 cm³/mol. The molecule has 0 spiro atoms. The lowest BCUT2D eigenvalue weighted by atomic mass is 9.84. The lowest BCUT2D eigenvalue weighted by Crippen LogP contribution is -2.65. The van der Waals surface area contributed by atoms with E-state index in [1.54, 1.807) is 7.05 Å². The molecule has 0 amide bonds. The third kappa shape index (κ3) is 4.02. The van der Waals surface area contributed by atoms with Crippen LogP contribution in [0, 0.1) is 0 Å². The van der Waals surface area contributed by atoms with E-state index in [0.717, 1.165) is 5.56 Å². The molecule has 1 aliphatic rings. The zero-order valence-corrected chi connectivity index (χ0v) is 13.2. The first-order chi connectivity index (χ1) is 9.94. The molecule has 1 fully saturated rings. The average Bonchev–Trinajstić information content (AvgIpc) is 2.46. The van der Waals surface area contributed by atoms with E-state index in [0.29, 0.717) is 19.6 Å². The van der Waals surface area contributed by atoms with E-state index >= 15 is 0 Å². The maximum Gasteiger partial charge on any atom is 0.279 e. The van der Waals surface area contributed by atoms with Crippen molar-refractivity contribution in [2.24, 2.45) is 5.73 Å². The summed E-state index contributed by atoms with van der Waals surface area (Å²) in [6.07, 6.45) is 0.550. The van der Waals surface area contributed by atoms with Gasteiger partial charge in [0.05, 0.1) is 12.1 Å². The smallest absolute Gasteiger partial charge is 0.279 e. The van der Waals surface area contributed by atoms with Crippen LogP contribution in [-0.4, -0.2) is 44.6 Å². The van der Waals surface area contributed by atoms with Gasteiger partial charge in [0.2, 0.25) is 0 Å². The molecule has 0 aliphatic heterocycles. The molecule has 1 saturated carbocycles. The Morgan fingerprint density at radius 3 is 2.62 bits per heavy atom. The molecule has 6 nitrogen and oxygen atoms in total. The molecule has 0 aromatic heterocycles. The maximum atomic E-state index is 12.3. The second-order valence-electron chi connectivity index (χ2n) is 5.28. The van der Waals surface area contributed by atoms with Crippen LogP contribution in [0.4, 0.5) is 0 Å². The van der Waals surface area contributed by atoms with Gasteiger partial charge in [-0.3, -0.25) is 0 Å². The van der Waals surface area contributed by atoms with E-state index in [2.05, 4.69) is 4.72 Å². The molecule has 118 valence electrons. The first kappa shape index (κ1) is 16.4. The number of ether oxygens (including phenoxy) is 1. The Morgan fingerprint density at radius 2 is 2.05 bits per heavy atom. The number of nitrogens with zero attached hydrogens (tertiary/aromatic N) is 1. The van der Waals surface area contributed by atoms with Gasteiger partial charge in [0.15, 0.2) is 0 Å². The van der Waals surface area contributed by atoms with Gasteiger partial charge in [0.25, 0.3) is 10.2 Å². The number of nitrogens with two attached hydrogens (primary N) is 1. The number of hydrogen-bond acceptors (Lipinski definition) is 4. The topological polar surface area (TPSA) is 84.7 Å². The highest BCUT2D eigenvalue weighted by Gasteiger charge is 2.42. The van der Waals surface area contributed by atoms with Crippen molar-refractivity contribution in [3.05, 3.63) is 35.9 Å². The largest absolute Gasteiger partial charge is 0.377 e. The standard InChI is InChI=1S/C14H23N3O3S/c1-3-20-13-9-12(15)14(13)16-21(18,19)17(2)10-11-7-5-4-6-8-11/h4-8,12-14,16H,3,9-10,15H2,1-2H3. The van der Waals surface area contributed by atoms with Crippen LogP contribution < -0.4 is 10.5 Å². The Bertz CT molecular complexity index is 548. The SMILES string of the molecule is CCOC1CC(N)C1NS(=O)(=O)N(C)Cc1ccccc1.